The molecule has 1 aliphatic rings. The molecule has 1 fully saturated rings. The molecule has 0 spiro atoms. The highest BCUT2D eigenvalue weighted by Gasteiger charge is 2.21. The van der Waals surface area contributed by atoms with Crippen molar-refractivity contribution in [2.45, 2.75) is 0 Å². The first-order valence-corrected chi connectivity index (χ1v) is 3.11. The van der Waals surface area contributed by atoms with Gasteiger partial charge in [-0.3, -0.25) is 4.79 Å². The molecule has 3 heteroatoms. The number of carbonyl (C=O) groups excluding carboxylic acids is 1. The second kappa shape index (κ2) is 2.82. The Morgan fingerprint density at radius 2 is 2.44 bits per heavy atom. The second-order valence-corrected chi connectivity index (χ2v) is 2.57. The molecular formula is C6H11N2O. The highest BCUT2D eigenvalue weighted by Crippen LogP contribution is 2.10. The van der Waals surface area contributed by atoms with E-state index in [9.17, 15) is 4.79 Å². The Morgan fingerprint density at radius 1 is 1.78 bits per heavy atom. The van der Waals surface area contributed by atoms with Gasteiger partial charge in [-0.05, 0) is 7.05 Å². The molecule has 0 bridgehead atoms. The Kier molecular flexibility index (Phi) is 2.05. The van der Waals surface area contributed by atoms with E-state index in [-0.39, 0.29) is 0 Å². The van der Waals surface area contributed by atoms with Crippen LogP contribution in [-0.4, -0.2) is 38.0 Å². The lowest BCUT2D eigenvalue weighted by Gasteiger charge is -2.35. The van der Waals surface area contributed by atoms with Crippen molar-refractivity contribution in [3.8, 4) is 0 Å². The van der Waals surface area contributed by atoms with Crippen LogP contribution in [-0.2, 0) is 4.79 Å². The molecule has 0 aromatic carbocycles. The van der Waals surface area contributed by atoms with Crippen LogP contribution in [0.15, 0.2) is 0 Å². The van der Waals surface area contributed by atoms with Crippen LogP contribution in [0.4, 0.5) is 0 Å². The lowest BCUT2D eigenvalue weighted by Crippen LogP contribution is -2.48. The van der Waals surface area contributed by atoms with Crippen LogP contribution < -0.4 is 5.32 Å². The lowest BCUT2D eigenvalue weighted by molar-refractivity contribution is 0.137. The number of rotatable bonds is 3. The third kappa shape index (κ3) is 1.68. The molecule has 0 atom stereocenters. The van der Waals surface area contributed by atoms with Gasteiger partial charge in [0, 0.05) is 25.6 Å². The molecule has 0 unspecified atom stereocenters. The average molecular weight is 127 g/mol. The van der Waals surface area contributed by atoms with Gasteiger partial charge in [0.25, 0.3) is 0 Å². The first-order chi connectivity index (χ1) is 4.33. The van der Waals surface area contributed by atoms with E-state index < -0.39 is 0 Å². The van der Waals surface area contributed by atoms with Gasteiger partial charge in [-0.25, -0.2) is 0 Å². The summed E-state index contributed by atoms with van der Waals surface area (Å²) in [6.45, 7) is 3.00. The maximum Gasteiger partial charge on any atom is 0.309 e. The highest BCUT2D eigenvalue weighted by molar-refractivity contribution is 5.46. The van der Waals surface area contributed by atoms with Crippen LogP contribution in [0.5, 0.6) is 0 Å². The summed E-state index contributed by atoms with van der Waals surface area (Å²) in [6, 6.07) is 0. The van der Waals surface area contributed by atoms with Crippen LogP contribution in [0.2, 0.25) is 0 Å². The van der Waals surface area contributed by atoms with Crippen molar-refractivity contribution in [2.75, 3.05) is 26.7 Å². The van der Waals surface area contributed by atoms with E-state index in [4.69, 9.17) is 0 Å². The van der Waals surface area contributed by atoms with E-state index in [1.54, 1.807) is 6.41 Å². The third-order valence-electron chi connectivity index (χ3n) is 1.60. The maximum atomic E-state index is 9.68. The van der Waals surface area contributed by atoms with Crippen LogP contribution >= 0.6 is 0 Å². The van der Waals surface area contributed by atoms with Gasteiger partial charge in [0.1, 0.15) is 0 Å². The largest absolute Gasteiger partial charge is 0.347 e. The highest BCUT2D eigenvalue weighted by atomic mass is 16.1. The number of likely N-dealkylation sites (tertiary alicyclic amines) is 1. The Labute approximate surface area is 55.0 Å². The Balaban J connectivity index is 1.97. The summed E-state index contributed by atoms with van der Waals surface area (Å²) >= 11 is 0. The zero-order chi connectivity index (χ0) is 6.69. The summed E-state index contributed by atoms with van der Waals surface area (Å²) < 4.78 is 0. The molecule has 1 heterocycles. The van der Waals surface area contributed by atoms with Crippen molar-refractivity contribution >= 4 is 6.41 Å². The minimum absolute atomic E-state index is 0.663. The lowest BCUT2D eigenvalue weighted by atomic mass is 10.0. The summed E-state index contributed by atoms with van der Waals surface area (Å²) in [6.07, 6.45) is 1.66. The summed E-state index contributed by atoms with van der Waals surface area (Å²) in [5.74, 6) is 0.663. The smallest absolute Gasteiger partial charge is 0.309 e. The van der Waals surface area contributed by atoms with Crippen molar-refractivity contribution in [1.29, 1.82) is 0 Å². The molecule has 0 aliphatic carbocycles. The molecule has 1 rings (SSSR count). The summed E-state index contributed by atoms with van der Waals surface area (Å²) in [5, 5.41) is 2.54. The van der Waals surface area contributed by atoms with Gasteiger partial charge in [-0.1, -0.05) is 0 Å². The van der Waals surface area contributed by atoms with Gasteiger partial charge < -0.3 is 10.2 Å². The molecule has 1 amide bonds. The van der Waals surface area contributed by atoms with Crippen LogP contribution in [0.3, 0.4) is 0 Å². The predicted molar refractivity (Wildman–Crippen MR) is 34.7 cm³/mol. The summed E-state index contributed by atoms with van der Waals surface area (Å²) in [7, 11) is 2.07. The van der Waals surface area contributed by atoms with Crippen molar-refractivity contribution < 1.29 is 4.79 Å². The molecule has 51 valence electrons. The fourth-order valence-corrected chi connectivity index (χ4v) is 1.14. The van der Waals surface area contributed by atoms with Gasteiger partial charge in [0.2, 0.25) is 0 Å². The number of hydrogen-bond acceptors (Lipinski definition) is 2. The number of hydrogen-bond donors (Lipinski definition) is 1. The van der Waals surface area contributed by atoms with Gasteiger partial charge in [-0.15, -0.1) is 0 Å². The summed E-state index contributed by atoms with van der Waals surface area (Å²) in [5.41, 5.74) is 0. The zero-order valence-corrected chi connectivity index (χ0v) is 5.55. The van der Waals surface area contributed by atoms with Gasteiger partial charge in [-0.2, -0.15) is 0 Å². The van der Waals surface area contributed by atoms with Crippen LogP contribution in [0.1, 0.15) is 0 Å². The predicted octanol–water partition coefficient (Wildman–Crippen LogP) is -0.795. The Bertz CT molecular complexity index is 99.2. The van der Waals surface area contributed by atoms with Crippen LogP contribution in [0, 0.1) is 5.92 Å². The molecular weight excluding hydrogens is 116 g/mol. The first-order valence-electron chi connectivity index (χ1n) is 3.11. The molecule has 9 heavy (non-hydrogen) atoms. The molecule has 1 radical (unpaired) electrons. The van der Waals surface area contributed by atoms with Gasteiger partial charge in [0.15, 0.2) is 0 Å². The SMILES string of the molecule is CN1CC(CN[C]=O)C1. The standard InChI is InChI=1S/C6H11N2O/c1-8-3-6(4-8)2-7-5-9/h6H,2-4H2,1H3,(H,7,9). The Hall–Kier alpha value is -0.570. The molecule has 3 nitrogen and oxygen atoms in total. The molecule has 1 N–H and O–H groups in total. The minimum atomic E-state index is 0.663. The van der Waals surface area contributed by atoms with E-state index in [0.29, 0.717) is 5.92 Å². The molecule has 0 aromatic heterocycles. The maximum absolute atomic E-state index is 9.68. The molecule has 1 aliphatic heterocycles. The normalized spacial score (nSPS) is 21.0. The van der Waals surface area contributed by atoms with E-state index in [0.717, 1.165) is 19.6 Å². The van der Waals surface area contributed by atoms with Crippen molar-refractivity contribution in [3.05, 3.63) is 0 Å². The van der Waals surface area contributed by atoms with E-state index in [1.807, 2.05) is 0 Å². The zero-order valence-electron chi connectivity index (χ0n) is 5.55. The van der Waals surface area contributed by atoms with Gasteiger partial charge >= 0.3 is 6.41 Å². The van der Waals surface area contributed by atoms with Crippen molar-refractivity contribution in [2.24, 2.45) is 5.92 Å². The molecule has 0 saturated carbocycles. The Morgan fingerprint density at radius 3 is 2.89 bits per heavy atom. The fraction of sp³-hybridized carbons (Fsp3) is 0.833. The summed E-state index contributed by atoms with van der Waals surface area (Å²) in [4.78, 5) is 11.9. The third-order valence-corrected chi connectivity index (χ3v) is 1.60. The van der Waals surface area contributed by atoms with Crippen LogP contribution in [0.25, 0.3) is 0 Å². The number of amides is 1. The first kappa shape index (κ1) is 6.55. The van der Waals surface area contributed by atoms with Crippen molar-refractivity contribution in [1.82, 2.24) is 10.2 Å². The van der Waals surface area contributed by atoms with E-state index in [1.165, 1.54) is 0 Å². The van der Waals surface area contributed by atoms with E-state index in [2.05, 4.69) is 17.3 Å². The molecule has 0 aromatic rings. The average Bonchev–Trinajstić information content (AvgIpc) is 1.78. The molecule has 1 saturated heterocycles. The number of nitrogens with zero attached hydrogens (tertiary/aromatic N) is 1. The van der Waals surface area contributed by atoms with Gasteiger partial charge in [0.05, 0.1) is 0 Å². The minimum Gasteiger partial charge on any atom is -0.347 e. The topological polar surface area (TPSA) is 32.3 Å². The second-order valence-electron chi connectivity index (χ2n) is 2.57. The number of nitrogens with one attached hydrogen (secondary N) is 1. The quantitative estimate of drug-likeness (QED) is 0.504. The van der Waals surface area contributed by atoms with Crippen molar-refractivity contribution in [3.63, 3.8) is 0 Å². The monoisotopic (exact) mass is 127 g/mol. The van der Waals surface area contributed by atoms with E-state index >= 15 is 0 Å². The fourth-order valence-electron chi connectivity index (χ4n) is 1.14.